The molecule has 1 aromatic heterocycles. The van der Waals surface area contributed by atoms with E-state index >= 15 is 0 Å². The molecule has 0 spiro atoms. The number of hydrogen-bond donors (Lipinski definition) is 1. The molecule has 94 valence electrons. The van der Waals surface area contributed by atoms with Crippen LogP contribution in [0.2, 0.25) is 0 Å². The predicted molar refractivity (Wildman–Crippen MR) is 74.8 cm³/mol. The van der Waals surface area contributed by atoms with Gasteiger partial charge in [0.1, 0.15) is 0 Å². The number of nitrogens with one attached hydrogen (secondary N) is 1. The summed E-state index contributed by atoms with van der Waals surface area (Å²) in [7, 11) is 0. The number of rotatable bonds is 2. The number of fused-ring (bicyclic) bond motifs is 3. The minimum atomic E-state index is 0.221. The van der Waals surface area contributed by atoms with Gasteiger partial charge in [-0.15, -0.1) is 0 Å². The van der Waals surface area contributed by atoms with Crippen molar-refractivity contribution in [2.24, 2.45) is 0 Å². The second-order valence-corrected chi connectivity index (χ2v) is 4.82. The van der Waals surface area contributed by atoms with Gasteiger partial charge in [-0.2, -0.15) is 5.26 Å². The molecule has 0 bridgehead atoms. The van der Waals surface area contributed by atoms with E-state index in [0.717, 1.165) is 40.6 Å². The number of aromatic amines is 1. The van der Waals surface area contributed by atoms with E-state index in [-0.39, 0.29) is 5.78 Å². The van der Waals surface area contributed by atoms with Gasteiger partial charge < -0.3 is 4.98 Å². The number of aryl methyl sites for hydroxylation is 1. The zero-order valence-electron chi connectivity index (χ0n) is 10.6. The van der Waals surface area contributed by atoms with Crippen molar-refractivity contribution in [3.63, 3.8) is 0 Å². The molecule has 3 heteroatoms. The Labute approximate surface area is 111 Å². The summed E-state index contributed by atoms with van der Waals surface area (Å²) < 4.78 is 0. The molecule has 0 fully saturated rings. The Bertz CT molecular complexity index is 716. The minimum absolute atomic E-state index is 0.221. The van der Waals surface area contributed by atoms with Crippen molar-refractivity contribution in [3.05, 3.63) is 41.1 Å². The summed E-state index contributed by atoms with van der Waals surface area (Å²) in [6.07, 6.45) is 6.77. The Kier molecular flexibility index (Phi) is 2.92. The highest BCUT2D eigenvalue weighted by Crippen LogP contribution is 2.29. The van der Waals surface area contributed by atoms with Crippen LogP contribution in [0, 0.1) is 11.3 Å². The molecule has 0 amide bonds. The Morgan fingerprint density at radius 3 is 3.11 bits per heavy atom. The van der Waals surface area contributed by atoms with E-state index in [0.29, 0.717) is 12.8 Å². The van der Waals surface area contributed by atoms with Gasteiger partial charge in [-0.1, -0.05) is 18.2 Å². The van der Waals surface area contributed by atoms with Gasteiger partial charge >= 0.3 is 0 Å². The molecule has 3 rings (SSSR count). The molecule has 3 nitrogen and oxygen atoms in total. The van der Waals surface area contributed by atoms with E-state index in [1.807, 2.05) is 24.3 Å². The van der Waals surface area contributed by atoms with Gasteiger partial charge in [0, 0.05) is 17.3 Å². The molecular formula is C16H14N2O. The summed E-state index contributed by atoms with van der Waals surface area (Å²) >= 11 is 0. The smallest absolute Gasteiger partial charge is 0.179 e. The van der Waals surface area contributed by atoms with Gasteiger partial charge in [0.05, 0.1) is 18.2 Å². The standard InChI is InChI=1S/C16H14N2O/c17-9-2-1-4-11-7-8-14-13(10-11)12-5-3-6-15(19)16(12)18-14/h1,4,7-8,10,18H,2-3,5-6H2. The molecule has 1 aliphatic carbocycles. The van der Waals surface area contributed by atoms with Gasteiger partial charge in [-0.05, 0) is 36.1 Å². The zero-order valence-corrected chi connectivity index (χ0v) is 10.6. The normalized spacial score (nSPS) is 14.8. The predicted octanol–water partition coefficient (Wildman–Crippen LogP) is 3.61. The lowest BCUT2D eigenvalue weighted by molar-refractivity contribution is 0.0968. The van der Waals surface area contributed by atoms with Crippen LogP contribution in [0.15, 0.2) is 24.3 Å². The molecule has 2 aromatic rings. The molecule has 1 aliphatic rings. The van der Waals surface area contributed by atoms with Crippen LogP contribution in [0.4, 0.5) is 0 Å². The number of ketones is 1. The lowest BCUT2D eigenvalue weighted by atomic mass is 9.94. The molecule has 1 aromatic carbocycles. The highest BCUT2D eigenvalue weighted by Gasteiger charge is 2.21. The second-order valence-electron chi connectivity index (χ2n) is 4.82. The Hall–Kier alpha value is -2.34. The molecule has 19 heavy (non-hydrogen) atoms. The highest BCUT2D eigenvalue weighted by atomic mass is 16.1. The van der Waals surface area contributed by atoms with Crippen LogP contribution in [0.25, 0.3) is 17.0 Å². The number of benzene rings is 1. The van der Waals surface area contributed by atoms with Crippen molar-refractivity contribution >= 4 is 22.8 Å². The van der Waals surface area contributed by atoms with E-state index in [2.05, 4.69) is 17.1 Å². The first-order valence-corrected chi connectivity index (χ1v) is 6.51. The maximum absolute atomic E-state index is 11.9. The first-order valence-electron chi connectivity index (χ1n) is 6.51. The molecule has 1 N–H and O–H groups in total. The van der Waals surface area contributed by atoms with Crippen LogP contribution in [0.1, 0.15) is 40.9 Å². The van der Waals surface area contributed by atoms with Crippen LogP contribution in [-0.2, 0) is 6.42 Å². The molecule has 0 unspecified atom stereocenters. The van der Waals surface area contributed by atoms with Crippen molar-refractivity contribution in [1.82, 2.24) is 4.98 Å². The number of nitriles is 1. The van der Waals surface area contributed by atoms with Crippen molar-refractivity contribution < 1.29 is 4.79 Å². The maximum atomic E-state index is 11.9. The third-order valence-electron chi connectivity index (χ3n) is 3.56. The summed E-state index contributed by atoms with van der Waals surface area (Å²) in [6.45, 7) is 0. The number of aromatic nitrogens is 1. The largest absolute Gasteiger partial charge is 0.352 e. The minimum Gasteiger partial charge on any atom is -0.352 e. The van der Waals surface area contributed by atoms with Crippen LogP contribution in [0.3, 0.4) is 0 Å². The molecule has 0 saturated carbocycles. The fourth-order valence-electron chi connectivity index (χ4n) is 2.67. The first-order chi connectivity index (χ1) is 9.29. The molecule has 0 atom stereocenters. The average Bonchev–Trinajstić information content (AvgIpc) is 2.79. The van der Waals surface area contributed by atoms with Crippen molar-refractivity contribution in [2.75, 3.05) is 0 Å². The number of allylic oxidation sites excluding steroid dienone is 1. The van der Waals surface area contributed by atoms with Gasteiger partial charge in [0.2, 0.25) is 0 Å². The van der Waals surface area contributed by atoms with Crippen LogP contribution >= 0.6 is 0 Å². The molecule has 0 saturated heterocycles. The number of carbonyl (C=O) groups excluding carboxylic acids is 1. The fraction of sp³-hybridized carbons (Fsp3) is 0.250. The van der Waals surface area contributed by atoms with Crippen LogP contribution in [-0.4, -0.2) is 10.8 Å². The summed E-state index contributed by atoms with van der Waals surface area (Å²) in [5, 5.41) is 9.67. The quantitative estimate of drug-likeness (QED) is 0.885. The van der Waals surface area contributed by atoms with E-state index in [4.69, 9.17) is 5.26 Å². The van der Waals surface area contributed by atoms with Crippen molar-refractivity contribution in [2.45, 2.75) is 25.7 Å². The number of nitrogens with zero attached hydrogens (tertiary/aromatic N) is 1. The van der Waals surface area contributed by atoms with Gasteiger partial charge in [0.25, 0.3) is 0 Å². The van der Waals surface area contributed by atoms with Gasteiger partial charge in [-0.3, -0.25) is 4.79 Å². The third kappa shape index (κ3) is 2.06. The molecule has 0 aliphatic heterocycles. The van der Waals surface area contributed by atoms with Crippen molar-refractivity contribution in [3.8, 4) is 6.07 Å². The van der Waals surface area contributed by atoms with Crippen LogP contribution < -0.4 is 0 Å². The first kappa shape index (κ1) is 11.7. The molecule has 0 radical (unpaired) electrons. The summed E-state index contributed by atoms with van der Waals surface area (Å²) in [5.74, 6) is 0.221. The summed E-state index contributed by atoms with van der Waals surface area (Å²) in [6, 6.07) is 8.19. The van der Waals surface area contributed by atoms with Crippen LogP contribution in [0.5, 0.6) is 0 Å². The topological polar surface area (TPSA) is 56.6 Å². The summed E-state index contributed by atoms with van der Waals surface area (Å²) in [4.78, 5) is 15.1. The molecule has 1 heterocycles. The number of Topliss-reactive ketones (excluding diaryl/α,β-unsaturated/α-hetero) is 1. The summed E-state index contributed by atoms with van der Waals surface area (Å²) in [5.41, 5.74) is 4.04. The van der Waals surface area contributed by atoms with E-state index < -0.39 is 0 Å². The molecular weight excluding hydrogens is 236 g/mol. The number of hydrogen-bond acceptors (Lipinski definition) is 2. The zero-order chi connectivity index (χ0) is 13.2. The lowest BCUT2D eigenvalue weighted by Gasteiger charge is -2.09. The van der Waals surface area contributed by atoms with E-state index in [9.17, 15) is 4.79 Å². The Morgan fingerprint density at radius 2 is 2.26 bits per heavy atom. The second kappa shape index (κ2) is 4.74. The van der Waals surface area contributed by atoms with E-state index in [1.165, 1.54) is 0 Å². The number of carbonyl (C=O) groups is 1. The monoisotopic (exact) mass is 250 g/mol. The fourth-order valence-corrected chi connectivity index (χ4v) is 2.67. The van der Waals surface area contributed by atoms with Gasteiger partial charge in [-0.25, -0.2) is 0 Å². The van der Waals surface area contributed by atoms with E-state index in [1.54, 1.807) is 0 Å². The maximum Gasteiger partial charge on any atom is 0.179 e. The number of H-pyrrole nitrogens is 1. The third-order valence-corrected chi connectivity index (χ3v) is 3.56. The Balaban J connectivity index is 2.08. The van der Waals surface area contributed by atoms with Gasteiger partial charge in [0.15, 0.2) is 5.78 Å². The highest BCUT2D eigenvalue weighted by molar-refractivity contribution is 6.03. The Morgan fingerprint density at radius 1 is 1.37 bits per heavy atom. The average molecular weight is 250 g/mol. The van der Waals surface area contributed by atoms with Crippen molar-refractivity contribution in [1.29, 1.82) is 5.26 Å². The lowest BCUT2D eigenvalue weighted by Crippen LogP contribution is -2.09. The SMILES string of the molecule is N#CCC=Cc1ccc2[nH]c3c(c2c1)CCCC3=O.